The van der Waals surface area contributed by atoms with Crippen LogP contribution >= 0.6 is 0 Å². The van der Waals surface area contributed by atoms with Gasteiger partial charge in [0.2, 0.25) is 0 Å². The van der Waals surface area contributed by atoms with E-state index in [4.69, 9.17) is 0 Å². The van der Waals surface area contributed by atoms with Crippen molar-refractivity contribution in [2.75, 3.05) is 0 Å². The molecule has 0 heterocycles. The SMILES string of the molecule is O=C1CCCCCCCCC(=O)C1. The Morgan fingerprint density at radius 3 is 1.46 bits per heavy atom. The third kappa shape index (κ3) is 4.81. The van der Waals surface area contributed by atoms with E-state index in [9.17, 15) is 9.59 Å². The van der Waals surface area contributed by atoms with Crippen LogP contribution in [0.2, 0.25) is 0 Å². The fourth-order valence-electron chi connectivity index (χ4n) is 1.75. The van der Waals surface area contributed by atoms with Crippen LogP contribution in [-0.4, -0.2) is 11.6 Å². The summed E-state index contributed by atoms with van der Waals surface area (Å²) in [6.45, 7) is 0. The van der Waals surface area contributed by atoms with E-state index in [1.165, 1.54) is 12.8 Å². The van der Waals surface area contributed by atoms with E-state index in [2.05, 4.69) is 0 Å². The minimum absolute atomic E-state index is 0.145. The summed E-state index contributed by atoms with van der Waals surface area (Å²) in [6, 6.07) is 0. The minimum atomic E-state index is 0.145. The van der Waals surface area contributed by atoms with Crippen molar-refractivity contribution in [3.63, 3.8) is 0 Å². The average Bonchev–Trinajstić information content (AvgIpc) is 2.11. The quantitative estimate of drug-likeness (QED) is 0.540. The second-order valence-corrected chi connectivity index (χ2v) is 3.88. The summed E-state index contributed by atoms with van der Waals surface area (Å²) in [5.74, 6) is 0.291. The van der Waals surface area contributed by atoms with E-state index < -0.39 is 0 Å². The molecule has 0 aromatic rings. The highest BCUT2D eigenvalue weighted by Gasteiger charge is 2.10. The lowest BCUT2D eigenvalue weighted by atomic mass is 10.1. The number of Topliss-reactive ketones (excluding diaryl/α,β-unsaturated/α-hetero) is 2. The van der Waals surface area contributed by atoms with Gasteiger partial charge >= 0.3 is 0 Å². The monoisotopic (exact) mass is 182 g/mol. The maximum absolute atomic E-state index is 11.2. The molecule has 2 nitrogen and oxygen atoms in total. The molecule has 74 valence electrons. The molecule has 0 N–H and O–H groups in total. The average molecular weight is 182 g/mol. The van der Waals surface area contributed by atoms with Crippen LogP contribution < -0.4 is 0 Å². The summed E-state index contributed by atoms with van der Waals surface area (Å²) in [4.78, 5) is 22.4. The lowest BCUT2D eigenvalue weighted by molar-refractivity contribution is -0.127. The Labute approximate surface area is 79.7 Å². The van der Waals surface area contributed by atoms with Gasteiger partial charge in [-0.2, -0.15) is 0 Å². The molecule has 1 rings (SSSR count). The summed E-state index contributed by atoms with van der Waals surface area (Å²) >= 11 is 0. The van der Waals surface area contributed by atoms with Gasteiger partial charge in [-0.05, 0) is 12.8 Å². The molecule has 0 saturated heterocycles. The largest absolute Gasteiger partial charge is 0.299 e. The first-order chi connectivity index (χ1) is 6.29. The van der Waals surface area contributed by atoms with Crippen molar-refractivity contribution in [3.05, 3.63) is 0 Å². The van der Waals surface area contributed by atoms with Gasteiger partial charge in [-0.3, -0.25) is 9.59 Å². The van der Waals surface area contributed by atoms with Crippen LogP contribution in [0.4, 0.5) is 0 Å². The molecule has 1 fully saturated rings. The Balaban J connectivity index is 2.34. The van der Waals surface area contributed by atoms with Gasteiger partial charge in [0.1, 0.15) is 11.6 Å². The van der Waals surface area contributed by atoms with Crippen LogP contribution in [0.5, 0.6) is 0 Å². The Morgan fingerprint density at radius 1 is 0.615 bits per heavy atom. The van der Waals surface area contributed by atoms with E-state index in [1.54, 1.807) is 0 Å². The smallest absolute Gasteiger partial charge is 0.140 e. The molecule has 1 aliphatic carbocycles. The van der Waals surface area contributed by atoms with Crippen molar-refractivity contribution in [3.8, 4) is 0 Å². The second kappa shape index (κ2) is 5.90. The summed E-state index contributed by atoms with van der Waals surface area (Å²) in [6.07, 6.45) is 8.14. The van der Waals surface area contributed by atoms with Crippen molar-refractivity contribution in [1.29, 1.82) is 0 Å². The topological polar surface area (TPSA) is 34.1 Å². The molecule has 0 spiro atoms. The van der Waals surface area contributed by atoms with Crippen molar-refractivity contribution in [2.24, 2.45) is 0 Å². The van der Waals surface area contributed by atoms with E-state index in [-0.39, 0.29) is 18.0 Å². The van der Waals surface area contributed by atoms with Crippen LogP contribution in [0.15, 0.2) is 0 Å². The first-order valence-corrected chi connectivity index (χ1v) is 5.32. The predicted octanol–water partition coefficient (Wildman–Crippen LogP) is 2.65. The third-order valence-electron chi connectivity index (χ3n) is 2.56. The highest BCUT2D eigenvalue weighted by Crippen LogP contribution is 2.12. The van der Waals surface area contributed by atoms with Gasteiger partial charge in [0.05, 0.1) is 6.42 Å². The lowest BCUT2D eigenvalue weighted by Gasteiger charge is -1.97. The van der Waals surface area contributed by atoms with E-state index >= 15 is 0 Å². The molecule has 2 heteroatoms. The fraction of sp³-hybridized carbons (Fsp3) is 0.818. The Morgan fingerprint density at radius 2 is 1.00 bits per heavy atom. The van der Waals surface area contributed by atoms with Gasteiger partial charge in [0.25, 0.3) is 0 Å². The summed E-state index contributed by atoms with van der Waals surface area (Å²) in [5, 5.41) is 0. The lowest BCUT2D eigenvalue weighted by Crippen LogP contribution is -2.06. The molecule has 13 heavy (non-hydrogen) atoms. The first kappa shape index (κ1) is 10.4. The zero-order valence-electron chi connectivity index (χ0n) is 8.18. The Hall–Kier alpha value is -0.660. The van der Waals surface area contributed by atoms with Crippen LogP contribution in [0.3, 0.4) is 0 Å². The number of hydrogen-bond acceptors (Lipinski definition) is 2. The predicted molar refractivity (Wildman–Crippen MR) is 51.6 cm³/mol. The number of carbonyl (C=O) groups is 2. The molecule has 0 bridgehead atoms. The summed E-state index contributed by atoms with van der Waals surface area (Å²) < 4.78 is 0. The van der Waals surface area contributed by atoms with E-state index in [0.29, 0.717) is 12.8 Å². The number of carbonyl (C=O) groups excluding carboxylic acids is 2. The number of hydrogen-bond donors (Lipinski definition) is 0. The molecule has 0 aliphatic heterocycles. The normalized spacial score (nSPS) is 22.5. The molecule has 1 saturated carbocycles. The molecule has 1 aliphatic rings. The molecule has 0 radical (unpaired) electrons. The first-order valence-electron chi connectivity index (χ1n) is 5.32. The van der Waals surface area contributed by atoms with Crippen molar-refractivity contribution in [2.45, 2.75) is 57.8 Å². The van der Waals surface area contributed by atoms with Crippen LogP contribution in [0, 0.1) is 0 Å². The van der Waals surface area contributed by atoms with Crippen molar-refractivity contribution < 1.29 is 9.59 Å². The second-order valence-electron chi connectivity index (χ2n) is 3.88. The van der Waals surface area contributed by atoms with Crippen LogP contribution in [0.1, 0.15) is 57.8 Å². The van der Waals surface area contributed by atoms with Gasteiger partial charge in [-0.15, -0.1) is 0 Å². The van der Waals surface area contributed by atoms with Gasteiger partial charge in [0.15, 0.2) is 0 Å². The summed E-state index contributed by atoms with van der Waals surface area (Å²) in [7, 11) is 0. The maximum Gasteiger partial charge on any atom is 0.140 e. The van der Waals surface area contributed by atoms with Gasteiger partial charge in [-0.25, -0.2) is 0 Å². The molecule has 0 unspecified atom stereocenters. The Bertz CT molecular complexity index is 165. The highest BCUT2D eigenvalue weighted by molar-refractivity contribution is 5.98. The summed E-state index contributed by atoms with van der Waals surface area (Å²) in [5.41, 5.74) is 0. The van der Waals surface area contributed by atoms with Gasteiger partial charge in [0, 0.05) is 12.8 Å². The fourth-order valence-corrected chi connectivity index (χ4v) is 1.75. The molecule has 0 aromatic heterocycles. The van der Waals surface area contributed by atoms with Gasteiger partial charge < -0.3 is 0 Å². The zero-order chi connectivity index (χ0) is 9.52. The van der Waals surface area contributed by atoms with Crippen molar-refractivity contribution in [1.82, 2.24) is 0 Å². The van der Waals surface area contributed by atoms with Crippen LogP contribution in [-0.2, 0) is 9.59 Å². The maximum atomic E-state index is 11.2. The van der Waals surface area contributed by atoms with Crippen molar-refractivity contribution >= 4 is 11.6 Å². The van der Waals surface area contributed by atoms with E-state index in [0.717, 1.165) is 25.7 Å². The molecular formula is C11H18O2. The highest BCUT2D eigenvalue weighted by atomic mass is 16.1. The molecule has 0 aromatic carbocycles. The minimum Gasteiger partial charge on any atom is -0.299 e. The standard InChI is InChI=1S/C11H18O2/c12-10-7-5-3-1-2-4-6-8-11(13)9-10/h1-9H2. The molecule has 0 amide bonds. The number of ketones is 2. The van der Waals surface area contributed by atoms with Crippen LogP contribution in [0.25, 0.3) is 0 Å². The number of rotatable bonds is 0. The van der Waals surface area contributed by atoms with E-state index in [1.807, 2.05) is 0 Å². The van der Waals surface area contributed by atoms with Gasteiger partial charge in [-0.1, -0.05) is 25.7 Å². The third-order valence-corrected chi connectivity index (χ3v) is 2.56. The molecular weight excluding hydrogens is 164 g/mol. The molecule has 0 atom stereocenters. The zero-order valence-corrected chi connectivity index (χ0v) is 8.18. The Kier molecular flexibility index (Phi) is 4.73.